The molecule has 3 aromatic rings. The Bertz CT molecular complexity index is 1850. The molecular formula is C42H57F2N9O7. The highest BCUT2D eigenvalue weighted by atomic mass is 19.1. The maximum absolute atomic E-state index is 14.6. The predicted octanol–water partition coefficient (Wildman–Crippen LogP) is 2.37. The number of aromatic hydroxyl groups is 1. The number of phenolic OH excluding ortho intramolecular Hbond substituents is 1. The van der Waals surface area contributed by atoms with Crippen molar-refractivity contribution >= 4 is 29.7 Å². The quantitative estimate of drug-likeness (QED) is 0.0373. The summed E-state index contributed by atoms with van der Waals surface area (Å²) in [6.07, 6.45) is 2.12. The second-order valence-electron chi connectivity index (χ2n) is 14.1. The summed E-state index contributed by atoms with van der Waals surface area (Å²) in [6, 6.07) is 14.5. The molecule has 10 N–H and O–H groups in total. The standard InChI is InChI=1S/C42H57F2N9O7/c1-2-37(55)47-17-18-49-42(58)52-41(46)48-16-5-10-36(39(56)50-25-33-34(43)23-32(54)24-35(33)44)51-40(57)38(53-26-30-8-3-4-9-31(30)27-53)29-13-11-28(12-14-29)7-6-19-59-21-22-60-20-15-45/h3-4,8-9,11-14,23-24,36,38,54H,2,5-7,10,15-22,25-27,45H2,1H3,(H,47,55)(H,50,56)(H,51,57)(H4,46,48,49,52,58)/t36-,38?/m1/s1. The highest BCUT2D eigenvalue weighted by Gasteiger charge is 2.34. The lowest BCUT2D eigenvalue weighted by Gasteiger charge is -2.29. The number of guanidine groups is 1. The van der Waals surface area contributed by atoms with Crippen LogP contribution in [0, 0.1) is 11.6 Å². The molecule has 60 heavy (non-hydrogen) atoms. The fourth-order valence-corrected chi connectivity index (χ4v) is 6.49. The van der Waals surface area contributed by atoms with Crippen molar-refractivity contribution in [3.8, 4) is 5.75 Å². The van der Waals surface area contributed by atoms with E-state index in [2.05, 4.69) is 31.6 Å². The fraction of sp³-hybridized carbons (Fsp3) is 0.452. The Balaban J connectivity index is 1.45. The van der Waals surface area contributed by atoms with Crippen molar-refractivity contribution < 1.29 is 42.5 Å². The van der Waals surface area contributed by atoms with Gasteiger partial charge in [0.05, 0.1) is 19.8 Å². The number of carbonyl (C=O) groups excluding carboxylic acids is 4. The van der Waals surface area contributed by atoms with Gasteiger partial charge in [-0.25, -0.2) is 13.6 Å². The van der Waals surface area contributed by atoms with Crippen LogP contribution in [0.2, 0.25) is 0 Å². The zero-order chi connectivity index (χ0) is 43.3. The fourth-order valence-electron chi connectivity index (χ4n) is 6.49. The van der Waals surface area contributed by atoms with Gasteiger partial charge in [-0.3, -0.25) is 29.6 Å². The van der Waals surface area contributed by atoms with Crippen molar-refractivity contribution in [2.75, 3.05) is 52.6 Å². The normalized spacial score (nSPS) is 13.6. The molecule has 1 aliphatic rings. The van der Waals surface area contributed by atoms with Crippen LogP contribution in [0.3, 0.4) is 0 Å². The molecule has 3 aromatic carbocycles. The molecule has 18 heteroatoms. The molecule has 1 heterocycles. The van der Waals surface area contributed by atoms with E-state index in [9.17, 15) is 33.1 Å². The number of nitrogens with zero attached hydrogens (tertiary/aromatic N) is 2. The number of halogens is 2. The number of urea groups is 1. The molecule has 0 spiro atoms. The molecule has 4 rings (SSSR count). The molecule has 0 saturated carbocycles. The molecule has 0 bridgehead atoms. The van der Waals surface area contributed by atoms with Gasteiger partial charge in [-0.2, -0.15) is 0 Å². The van der Waals surface area contributed by atoms with Crippen molar-refractivity contribution in [1.29, 1.82) is 0 Å². The van der Waals surface area contributed by atoms with Crippen molar-refractivity contribution in [1.82, 2.24) is 31.5 Å². The maximum Gasteiger partial charge on any atom is 0.321 e. The number of nitrogens with one attached hydrogen (secondary N) is 5. The first-order chi connectivity index (χ1) is 29.0. The number of hydrogen-bond acceptors (Lipinski definition) is 10. The molecular weight excluding hydrogens is 781 g/mol. The van der Waals surface area contributed by atoms with Gasteiger partial charge < -0.3 is 47.3 Å². The van der Waals surface area contributed by atoms with Gasteiger partial charge in [0, 0.05) is 76.5 Å². The van der Waals surface area contributed by atoms with Crippen LogP contribution in [-0.2, 0) is 49.9 Å². The van der Waals surface area contributed by atoms with E-state index in [0.29, 0.717) is 58.0 Å². The second-order valence-corrected chi connectivity index (χ2v) is 14.1. The van der Waals surface area contributed by atoms with Crippen molar-refractivity contribution in [2.24, 2.45) is 16.5 Å². The lowest BCUT2D eigenvalue weighted by Crippen LogP contribution is -2.50. The number of aryl methyl sites for hydroxylation is 1. The van der Waals surface area contributed by atoms with Crippen LogP contribution in [0.1, 0.15) is 66.5 Å². The second kappa shape index (κ2) is 25.1. The van der Waals surface area contributed by atoms with Crippen LogP contribution in [0.25, 0.3) is 0 Å². The number of fused-ring (bicyclic) bond motifs is 1. The Hall–Kier alpha value is -5.69. The molecule has 0 aliphatic carbocycles. The lowest BCUT2D eigenvalue weighted by molar-refractivity contribution is -0.132. The molecule has 0 radical (unpaired) electrons. The molecule has 1 unspecified atom stereocenters. The smallest absolute Gasteiger partial charge is 0.321 e. The summed E-state index contributed by atoms with van der Waals surface area (Å²) in [7, 11) is 0. The summed E-state index contributed by atoms with van der Waals surface area (Å²) in [5, 5.41) is 22.6. The first kappa shape index (κ1) is 47.0. The number of hydrogen-bond donors (Lipinski definition) is 8. The van der Waals surface area contributed by atoms with Gasteiger partial charge in [0.2, 0.25) is 17.7 Å². The molecule has 326 valence electrons. The average Bonchev–Trinajstić information content (AvgIpc) is 3.65. The number of phenols is 1. The van der Waals surface area contributed by atoms with Gasteiger partial charge in [0.25, 0.3) is 0 Å². The Morgan fingerprint density at radius 1 is 0.867 bits per heavy atom. The van der Waals surface area contributed by atoms with E-state index in [1.807, 2.05) is 53.4 Å². The molecule has 0 saturated heterocycles. The van der Waals surface area contributed by atoms with Crippen LogP contribution in [0.15, 0.2) is 65.7 Å². The zero-order valence-corrected chi connectivity index (χ0v) is 33.9. The molecule has 0 aromatic heterocycles. The topological polar surface area (TPSA) is 235 Å². The summed E-state index contributed by atoms with van der Waals surface area (Å²) < 4.78 is 40.1. The van der Waals surface area contributed by atoms with Crippen LogP contribution >= 0.6 is 0 Å². The van der Waals surface area contributed by atoms with Crippen LogP contribution in [0.4, 0.5) is 13.6 Å². The highest BCUT2D eigenvalue weighted by Crippen LogP contribution is 2.32. The van der Waals surface area contributed by atoms with E-state index in [0.717, 1.165) is 41.7 Å². The SMILES string of the molecule is CCC(=O)NCCNC(=O)NC(N)=NCCC[C@@H](NC(=O)C(c1ccc(CCCOCCOCCN)cc1)N1Cc2ccccc2C1)C(=O)NCc1c(F)cc(O)cc1F. The molecule has 2 atom stereocenters. The molecule has 1 aliphatic heterocycles. The van der Waals surface area contributed by atoms with Crippen molar-refractivity contribution in [3.63, 3.8) is 0 Å². The third-order valence-electron chi connectivity index (χ3n) is 9.59. The van der Waals surface area contributed by atoms with E-state index in [1.54, 1.807) is 6.92 Å². The number of carbonyl (C=O) groups is 4. The highest BCUT2D eigenvalue weighted by molar-refractivity contribution is 5.95. The van der Waals surface area contributed by atoms with E-state index < -0.39 is 59.4 Å². The zero-order valence-electron chi connectivity index (χ0n) is 33.9. The Labute approximate surface area is 348 Å². The van der Waals surface area contributed by atoms with Gasteiger partial charge >= 0.3 is 6.03 Å². The van der Waals surface area contributed by atoms with Gasteiger partial charge in [0.1, 0.15) is 29.5 Å². The number of ether oxygens (including phenoxy) is 2. The van der Waals surface area contributed by atoms with Gasteiger partial charge in [-0.1, -0.05) is 55.5 Å². The minimum atomic E-state index is -1.17. The Morgan fingerprint density at radius 2 is 1.52 bits per heavy atom. The Kier molecular flexibility index (Phi) is 19.6. The van der Waals surface area contributed by atoms with E-state index in [4.69, 9.17) is 20.9 Å². The van der Waals surface area contributed by atoms with Gasteiger partial charge in [-0.05, 0) is 47.9 Å². The van der Waals surface area contributed by atoms with E-state index in [-0.39, 0.29) is 44.3 Å². The number of benzene rings is 3. The molecule has 16 nitrogen and oxygen atoms in total. The monoisotopic (exact) mass is 837 g/mol. The largest absolute Gasteiger partial charge is 0.508 e. The molecule has 0 fully saturated rings. The summed E-state index contributed by atoms with van der Waals surface area (Å²) in [4.78, 5) is 57.9. The summed E-state index contributed by atoms with van der Waals surface area (Å²) in [5.41, 5.74) is 14.8. The summed E-state index contributed by atoms with van der Waals surface area (Å²) >= 11 is 0. The first-order valence-corrected chi connectivity index (χ1v) is 20.1. The van der Waals surface area contributed by atoms with Crippen LogP contribution in [-0.4, -0.2) is 98.4 Å². The van der Waals surface area contributed by atoms with E-state index >= 15 is 0 Å². The van der Waals surface area contributed by atoms with Crippen LogP contribution < -0.4 is 38.1 Å². The average molecular weight is 838 g/mol. The minimum Gasteiger partial charge on any atom is -0.508 e. The summed E-state index contributed by atoms with van der Waals surface area (Å²) in [6.45, 7) is 5.07. The third kappa shape index (κ3) is 15.5. The first-order valence-electron chi connectivity index (χ1n) is 20.1. The van der Waals surface area contributed by atoms with Gasteiger partial charge in [0.15, 0.2) is 5.96 Å². The number of amides is 5. The Morgan fingerprint density at radius 3 is 2.17 bits per heavy atom. The van der Waals surface area contributed by atoms with Crippen molar-refractivity contribution in [3.05, 3.63) is 100 Å². The van der Waals surface area contributed by atoms with E-state index in [1.165, 1.54) is 0 Å². The number of nitrogens with two attached hydrogens (primary N) is 2. The minimum absolute atomic E-state index is 0.0469. The summed E-state index contributed by atoms with van der Waals surface area (Å²) in [5.74, 6) is -4.19. The van der Waals surface area contributed by atoms with Crippen molar-refractivity contribution in [2.45, 2.75) is 70.7 Å². The molecule has 5 amide bonds. The maximum atomic E-state index is 14.6. The van der Waals surface area contributed by atoms with Gasteiger partial charge in [-0.15, -0.1) is 0 Å². The predicted molar refractivity (Wildman–Crippen MR) is 221 cm³/mol. The number of aliphatic imine (C=N–C) groups is 1. The third-order valence-corrected chi connectivity index (χ3v) is 9.59. The van der Waals surface area contributed by atoms with Crippen LogP contribution in [0.5, 0.6) is 5.75 Å². The number of rotatable bonds is 24. The lowest BCUT2D eigenvalue weighted by atomic mass is 10.00.